The maximum atomic E-state index is 11.8. The van der Waals surface area contributed by atoms with Crippen LogP contribution in [0.3, 0.4) is 0 Å². The van der Waals surface area contributed by atoms with Gasteiger partial charge in [-0.05, 0) is 48.7 Å². The summed E-state index contributed by atoms with van der Waals surface area (Å²) in [5.41, 5.74) is 4.91. The van der Waals surface area contributed by atoms with Crippen molar-refractivity contribution in [2.24, 2.45) is 0 Å². The molecule has 1 radical (unpaired) electrons. The standard InChI is InChI=1S/C26H21NO3.Na/c1-17(28)22(18(2)29)15-19-13-14-27-23(16-19)26(30)24(20-9-5-3-6-10-20)25(27)21-11-7-4-8-12-21;/h3-16,30H,1-2H3;. The van der Waals surface area contributed by atoms with Crippen LogP contribution in [0.1, 0.15) is 19.4 Å². The third kappa shape index (κ3) is 4.42. The molecule has 0 bridgehead atoms. The Morgan fingerprint density at radius 3 is 1.94 bits per heavy atom. The van der Waals surface area contributed by atoms with Gasteiger partial charge in [0.05, 0.1) is 22.3 Å². The van der Waals surface area contributed by atoms with Gasteiger partial charge in [0.2, 0.25) is 0 Å². The first kappa shape index (κ1) is 22.8. The van der Waals surface area contributed by atoms with E-state index in [1.165, 1.54) is 13.8 Å². The van der Waals surface area contributed by atoms with Crippen LogP contribution < -0.4 is 0 Å². The first-order chi connectivity index (χ1) is 14.5. The summed E-state index contributed by atoms with van der Waals surface area (Å²) in [5, 5.41) is 11.2. The third-order valence-electron chi connectivity index (χ3n) is 5.12. The first-order valence-corrected chi connectivity index (χ1v) is 9.69. The van der Waals surface area contributed by atoms with E-state index in [-0.39, 0.29) is 52.4 Å². The molecule has 2 aromatic carbocycles. The van der Waals surface area contributed by atoms with E-state index < -0.39 is 0 Å². The molecule has 0 unspecified atom stereocenters. The molecule has 4 nitrogen and oxygen atoms in total. The zero-order valence-electron chi connectivity index (χ0n) is 17.8. The molecule has 0 fully saturated rings. The van der Waals surface area contributed by atoms with Crippen molar-refractivity contribution in [3.05, 3.63) is 90.1 Å². The fourth-order valence-electron chi connectivity index (χ4n) is 3.72. The monoisotopic (exact) mass is 418 g/mol. The minimum Gasteiger partial charge on any atom is -0.505 e. The summed E-state index contributed by atoms with van der Waals surface area (Å²) in [7, 11) is 0. The number of nitrogens with zero attached hydrogens (tertiary/aromatic N) is 1. The Morgan fingerprint density at radius 1 is 0.839 bits per heavy atom. The number of hydrogen-bond donors (Lipinski definition) is 1. The Balaban J connectivity index is 0.00000272. The number of pyridine rings is 1. The number of aromatic nitrogens is 1. The molecule has 4 rings (SSSR count). The number of hydrogen-bond acceptors (Lipinski definition) is 3. The van der Waals surface area contributed by atoms with Gasteiger partial charge in [-0.25, -0.2) is 0 Å². The van der Waals surface area contributed by atoms with Crippen LogP contribution in [-0.2, 0) is 9.59 Å². The fourth-order valence-corrected chi connectivity index (χ4v) is 3.72. The first-order valence-electron chi connectivity index (χ1n) is 9.69. The van der Waals surface area contributed by atoms with Crippen LogP contribution in [0.2, 0.25) is 0 Å². The Hall–Kier alpha value is -2.92. The van der Waals surface area contributed by atoms with Crippen molar-refractivity contribution >= 4 is 52.7 Å². The predicted molar refractivity (Wildman–Crippen MR) is 125 cm³/mol. The van der Waals surface area contributed by atoms with E-state index in [1.54, 1.807) is 12.1 Å². The Morgan fingerprint density at radius 2 is 1.39 bits per heavy atom. The quantitative estimate of drug-likeness (QED) is 0.211. The van der Waals surface area contributed by atoms with Gasteiger partial charge in [0.25, 0.3) is 0 Å². The molecule has 149 valence electrons. The smallest absolute Gasteiger partial charge is 0.163 e. The number of benzene rings is 2. The predicted octanol–water partition coefficient (Wildman–Crippen LogP) is 5.16. The summed E-state index contributed by atoms with van der Waals surface area (Å²) in [4.78, 5) is 23.6. The summed E-state index contributed by atoms with van der Waals surface area (Å²) in [6, 6.07) is 23.2. The largest absolute Gasteiger partial charge is 0.505 e. The van der Waals surface area contributed by atoms with Crippen LogP contribution in [0, 0.1) is 0 Å². The normalized spacial score (nSPS) is 10.4. The zero-order chi connectivity index (χ0) is 21.3. The molecule has 5 heteroatoms. The topological polar surface area (TPSA) is 58.8 Å². The van der Waals surface area contributed by atoms with E-state index in [4.69, 9.17) is 0 Å². The molecule has 0 amide bonds. The number of rotatable bonds is 5. The molecular formula is C26H21NNaO3. The van der Waals surface area contributed by atoms with Gasteiger partial charge in [-0.3, -0.25) is 9.59 Å². The van der Waals surface area contributed by atoms with Crippen LogP contribution in [0.15, 0.2) is 84.6 Å². The molecular weight excluding hydrogens is 397 g/mol. The minimum atomic E-state index is -0.281. The van der Waals surface area contributed by atoms with Crippen molar-refractivity contribution in [1.82, 2.24) is 4.40 Å². The van der Waals surface area contributed by atoms with E-state index in [2.05, 4.69) is 0 Å². The van der Waals surface area contributed by atoms with Crippen molar-refractivity contribution in [3.8, 4) is 28.1 Å². The molecule has 0 aliphatic heterocycles. The molecule has 0 aliphatic carbocycles. The van der Waals surface area contributed by atoms with Crippen LogP contribution in [0.5, 0.6) is 5.75 Å². The summed E-state index contributed by atoms with van der Waals surface area (Å²) >= 11 is 0. The minimum absolute atomic E-state index is 0. The van der Waals surface area contributed by atoms with Gasteiger partial charge < -0.3 is 9.51 Å². The molecule has 0 saturated heterocycles. The van der Waals surface area contributed by atoms with Crippen LogP contribution in [0.4, 0.5) is 0 Å². The Kier molecular flexibility index (Phi) is 6.96. The van der Waals surface area contributed by atoms with Crippen molar-refractivity contribution in [1.29, 1.82) is 0 Å². The number of carbonyl (C=O) groups excluding carboxylic acids is 2. The summed E-state index contributed by atoms with van der Waals surface area (Å²) in [6.07, 6.45) is 3.43. The SMILES string of the molecule is CC(=O)C(=Cc1ccn2c(-c3ccccc3)c(-c3ccccc3)c(O)c2c1)C(C)=O.[Na]. The molecule has 2 aromatic heterocycles. The zero-order valence-corrected chi connectivity index (χ0v) is 19.8. The molecule has 1 N–H and O–H groups in total. The van der Waals surface area contributed by atoms with Gasteiger partial charge in [-0.2, -0.15) is 0 Å². The summed E-state index contributed by atoms with van der Waals surface area (Å²) in [5.74, 6) is -0.406. The number of Topliss-reactive ketones (excluding diaryl/α,β-unsaturated/α-hetero) is 2. The number of ketones is 2. The average molecular weight is 418 g/mol. The van der Waals surface area contributed by atoms with E-state index in [0.717, 1.165) is 22.4 Å². The molecule has 0 atom stereocenters. The fraction of sp³-hybridized carbons (Fsp3) is 0.0769. The second kappa shape index (κ2) is 9.48. The van der Waals surface area contributed by atoms with Gasteiger partial charge in [0.15, 0.2) is 11.6 Å². The molecule has 0 saturated carbocycles. The second-order valence-electron chi connectivity index (χ2n) is 7.19. The van der Waals surface area contributed by atoms with E-state index >= 15 is 0 Å². The summed E-state index contributed by atoms with van der Waals surface area (Å²) < 4.78 is 1.94. The van der Waals surface area contributed by atoms with E-state index in [9.17, 15) is 14.7 Å². The van der Waals surface area contributed by atoms with Crippen molar-refractivity contribution in [2.45, 2.75) is 13.8 Å². The van der Waals surface area contributed by atoms with Gasteiger partial charge >= 0.3 is 0 Å². The number of carbonyl (C=O) groups is 2. The second-order valence-corrected chi connectivity index (χ2v) is 7.19. The van der Waals surface area contributed by atoms with Gasteiger partial charge in [0.1, 0.15) is 5.75 Å². The van der Waals surface area contributed by atoms with Crippen LogP contribution >= 0.6 is 0 Å². The number of aromatic hydroxyl groups is 1. The summed E-state index contributed by atoms with van der Waals surface area (Å²) in [6.45, 7) is 2.75. The van der Waals surface area contributed by atoms with Gasteiger partial charge in [0, 0.05) is 35.8 Å². The van der Waals surface area contributed by atoms with Crippen molar-refractivity contribution in [3.63, 3.8) is 0 Å². The van der Waals surface area contributed by atoms with Crippen molar-refractivity contribution in [2.75, 3.05) is 0 Å². The number of fused-ring (bicyclic) bond motifs is 1. The molecule has 0 spiro atoms. The van der Waals surface area contributed by atoms with Crippen molar-refractivity contribution < 1.29 is 14.7 Å². The maximum Gasteiger partial charge on any atom is 0.163 e. The molecule has 4 aromatic rings. The van der Waals surface area contributed by atoms with Crippen LogP contribution in [0.25, 0.3) is 34.0 Å². The van der Waals surface area contributed by atoms with E-state index in [0.29, 0.717) is 11.1 Å². The maximum absolute atomic E-state index is 11.8. The third-order valence-corrected chi connectivity index (χ3v) is 5.12. The number of allylic oxidation sites excluding steroid dienone is 1. The van der Waals surface area contributed by atoms with E-state index in [1.807, 2.05) is 77.3 Å². The Bertz CT molecular complexity index is 1270. The van der Waals surface area contributed by atoms with Gasteiger partial charge in [-0.1, -0.05) is 60.7 Å². The molecule has 31 heavy (non-hydrogen) atoms. The van der Waals surface area contributed by atoms with Gasteiger partial charge in [-0.15, -0.1) is 0 Å². The average Bonchev–Trinajstić information content (AvgIpc) is 3.05. The van der Waals surface area contributed by atoms with Crippen LogP contribution in [-0.4, -0.2) is 50.6 Å². The Labute approximate surface area is 203 Å². The molecule has 2 heterocycles. The molecule has 0 aliphatic rings.